The van der Waals surface area contributed by atoms with Crippen LogP contribution in [-0.4, -0.2) is 29.4 Å². The Hall–Kier alpha value is -3.41. The molecule has 6 heteroatoms. The average Bonchev–Trinajstić information content (AvgIpc) is 2.67. The van der Waals surface area contributed by atoms with Crippen molar-refractivity contribution in [1.82, 2.24) is 4.98 Å². The number of para-hydroxylation sites is 2. The van der Waals surface area contributed by atoms with Gasteiger partial charge in [0, 0.05) is 18.5 Å². The number of carbonyl (C=O) groups excluding carboxylic acids is 2. The molecule has 1 N–H and O–H groups in total. The SMILES string of the molecule is CC(=O)N1CC(C(=O)Nc2cccc3ncccc23)Oc2ccccc21. The number of aromatic nitrogens is 1. The van der Waals surface area contributed by atoms with Crippen molar-refractivity contribution in [3.05, 3.63) is 60.8 Å². The molecule has 0 radical (unpaired) electrons. The molecule has 0 saturated heterocycles. The minimum absolute atomic E-state index is 0.132. The number of ether oxygens (including phenoxy) is 1. The molecule has 4 rings (SSSR count). The highest BCUT2D eigenvalue weighted by atomic mass is 16.5. The number of carbonyl (C=O) groups is 2. The lowest BCUT2D eigenvalue weighted by Gasteiger charge is -2.33. The summed E-state index contributed by atoms with van der Waals surface area (Å²) in [4.78, 5) is 30.6. The van der Waals surface area contributed by atoms with Crippen molar-refractivity contribution in [1.29, 1.82) is 0 Å². The van der Waals surface area contributed by atoms with E-state index in [0.29, 0.717) is 17.1 Å². The molecular weight excluding hydrogens is 330 g/mol. The summed E-state index contributed by atoms with van der Waals surface area (Å²) in [5, 5.41) is 3.75. The van der Waals surface area contributed by atoms with Crippen molar-refractivity contribution in [2.45, 2.75) is 13.0 Å². The van der Waals surface area contributed by atoms with Gasteiger partial charge >= 0.3 is 0 Å². The summed E-state index contributed by atoms with van der Waals surface area (Å²) in [5.41, 5.74) is 2.14. The summed E-state index contributed by atoms with van der Waals surface area (Å²) in [6.07, 6.45) is 0.917. The molecule has 6 nitrogen and oxygen atoms in total. The van der Waals surface area contributed by atoms with Gasteiger partial charge in [0.1, 0.15) is 5.75 Å². The zero-order valence-electron chi connectivity index (χ0n) is 14.2. The molecule has 2 amide bonds. The fourth-order valence-electron chi connectivity index (χ4n) is 3.09. The van der Waals surface area contributed by atoms with Crippen LogP contribution in [0.15, 0.2) is 60.8 Å². The third-order valence-electron chi connectivity index (χ3n) is 4.35. The average molecular weight is 347 g/mol. The summed E-state index contributed by atoms with van der Waals surface area (Å²) in [6, 6.07) is 16.5. The van der Waals surface area contributed by atoms with Crippen LogP contribution in [0.4, 0.5) is 11.4 Å². The highest BCUT2D eigenvalue weighted by molar-refractivity contribution is 6.04. The number of amides is 2. The van der Waals surface area contributed by atoms with E-state index in [0.717, 1.165) is 10.9 Å². The normalized spacial score (nSPS) is 15.9. The van der Waals surface area contributed by atoms with E-state index in [2.05, 4.69) is 10.3 Å². The van der Waals surface area contributed by atoms with E-state index < -0.39 is 6.10 Å². The van der Waals surface area contributed by atoms with Gasteiger partial charge in [0.2, 0.25) is 5.91 Å². The largest absolute Gasteiger partial charge is 0.476 e. The Morgan fingerprint density at radius 1 is 1.12 bits per heavy atom. The van der Waals surface area contributed by atoms with Gasteiger partial charge in [-0.3, -0.25) is 14.6 Å². The minimum atomic E-state index is -0.791. The number of hydrogen-bond acceptors (Lipinski definition) is 4. The van der Waals surface area contributed by atoms with Crippen LogP contribution in [-0.2, 0) is 9.59 Å². The Bertz CT molecular complexity index is 997. The van der Waals surface area contributed by atoms with Crippen molar-refractivity contribution in [3.8, 4) is 5.75 Å². The van der Waals surface area contributed by atoms with Crippen molar-refractivity contribution in [2.75, 3.05) is 16.8 Å². The third kappa shape index (κ3) is 2.86. The molecule has 1 aliphatic rings. The molecule has 0 aliphatic carbocycles. The van der Waals surface area contributed by atoms with Gasteiger partial charge < -0.3 is 15.0 Å². The van der Waals surface area contributed by atoms with E-state index >= 15 is 0 Å². The lowest BCUT2D eigenvalue weighted by Crippen LogP contribution is -2.48. The maximum atomic E-state index is 12.8. The molecule has 1 atom stereocenters. The van der Waals surface area contributed by atoms with Crippen LogP contribution >= 0.6 is 0 Å². The highest BCUT2D eigenvalue weighted by Gasteiger charge is 2.32. The second-order valence-electron chi connectivity index (χ2n) is 6.07. The van der Waals surface area contributed by atoms with E-state index in [-0.39, 0.29) is 18.4 Å². The van der Waals surface area contributed by atoms with Crippen LogP contribution in [0.2, 0.25) is 0 Å². The molecular formula is C20H17N3O3. The number of anilines is 2. The molecule has 2 aromatic carbocycles. The number of nitrogens with zero attached hydrogens (tertiary/aromatic N) is 2. The van der Waals surface area contributed by atoms with Crippen molar-refractivity contribution >= 4 is 34.1 Å². The number of nitrogens with one attached hydrogen (secondary N) is 1. The minimum Gasteiger partial charge on any atom is -0.476 e. The highest BCUT2D eigenvalue weighted by Crippen LogP contribution is 2.33. The van der Waals surface area contributed by atoms with E-state index in [9.17, 15) is 9.59 Å². The van der Waals surface area contributed by atoms with Crippen molar-refractivity contribution in [2.24, 2.45) is 0 Å². The molecule has 3 aromatic rings. The monoisotopic (exact) mass is 347 g/mol. The van der Waals surface area contributed by atoms with E-state index in [1.54, 1.807) is 23.2 Å². The van der Waals surface area contributed by atoms with Crippen molar-refractivity contribution < 1.29 is 14.3 Å². The molecule has 26 heavy (non-hydrogen) atoms. The van der Waals surface area contributed by atoms with Crippen LogP contribution in [0.3, 0.4) is 0 Å². The molecule has 0 bridgehead atoms. The summed E-state index contributed by atoms with van der Waals surface area (Å²) in [6.45, 7) is 1.65. The van der Waals surface area contributed by atoms with E-state index in [4.69, 9.17) is 4.74 Å². The Morgan fingerprint density at radius 3 is 2.81 bits per heavy atom. The molecule has 1 unspecified atom stereocenters. The summed E-state index contributed by atoms with van der Waals surface area (Å²) in [7, 11) is 0. The lowest BCUT2D eigenvalue weighted by atomic mass is 10.1. The van der Waals surface area contributed by atoms with Gasteiger partial charge in [-0.05, 0) is 36.4 Å². The zero-order chi connectivity index (χ0) is 18.1. The number of pyridine rings is 1. The van der Waals surface area contributed by atoms with Crippen LogP contribution < -0.4 is 15.0 Å². The predicted molar refractivity (Wildman–Crippen MR) is 99.3 cm³/mol. The second kappa shape index (κ2) is 6.48. The Balaban J connectivity index is 1.62. The smallest absolute Gasteiger partial charge is 0.267 e. The summed E-state index contributed by atoms with van der Waals surface area (Å²) < 4.78 is 5.84. The van der Waals surface area contributed by atoms with Crippen LogP contribution in [0, 0.1) is 0 Å². The Kier molecular flexibility index (Phi) is 4.01. The third-order valence-corrected chi connectivity index (χ3v) is 4.35. The molecule has 1 aliphatic heterocycles. The summed E-state index contributed by atoms with van der Waals surface area (Å²) in [5.74, 6) is 0.0868. The van der Waals surface area contributed by atoms with E-state index in [1.807, 2.05) is 42.5 Å². The molecule has 2 heterocycles. The first kappa shape index (κ1) is 16.1. The molecule has 0 saturated carbocycles. The van der Waals surface area contributed by atoms with Crippen LogP contribution in [0.1, 0.15) is 6.92 Å². The Morgan fingerprint density at radius 2 is 1.96 bits per heavy atom. The van der Waals surface area contributed by atoms with Crippen molar-refractivity contribution in [3.63, 3.8) is 0 Å². The number of fused-ring (bicyclic) bond motifs is 2. The standard InChI is InChI=1S/C20H17N3O3/c1-13(24)23-12-19(26-18-10-3-2-9-17(18)23)20(25)22-16-8-4-7-15-14(16)6-5-11-21-15/h2-11,19H,12H2,1H3,(H,22,25). The summed E-state index contributed by atoms with van der Waals surface area (Å²) >= 11 is 0. The first-order valence-electron chi connectivity index (χ1n) is 8.32. The second-order valence-corrected chi connectivity index (χ2v) is 6.07. The maximum Gasteiger partial charge on any atom is 0.267 e. The molecule has 0 fully saturated rings. The number of hydrogen-bond donors (Lipinski definition) is 1. The quantitative estimate of drug-likeness (QED) is 0.774. The van der Waals surface area contributed by atoms with Crippen LogP contribution in [0.25, 0.3) is 10.9 Å². The van der Waals surface area contributed by atoms with E-state index in [1.165, 1.54) is 6.92 Å². The lowest BCUT2D eigenvalue weighted by molar-refractivity contribution is -0.123. The first-order valence-corrected chi connectivity index (χ1v) is 8.32. The van der Waals surface area contributed by atoms with Gasteiger partial charge in [-0.2, -0.15) is 0 Å². The fraction of sp³-hybridized carbons (Fsp3) is 0.150. The van der Waals surface area contributed by atoms with Gasteiger partial charge in [-0.1, -0.05) is 18.2 Å². The van der Waals surface area contributed by atoms with Gasteiger partial charge in [0.15, 0.2) is 6.10 Å². The number of rotatable bonds is 2. The first-order chi connectivity index (χ1) is 12.6. The Labute approximate surface area is 150 Å². The van der Waals surface area contributed by atoms with Gasteiger partial charge in [-0.15, -0.1) is 0 Å². The topological polar surface area (TPSA) is 71.5 Å². The van der Waals surface area contributed by atoms with Gasteiger partial charge in [-0.25, -0.2) is 0 Å². The van der Waals surface area contributed by atoms with Gasteiger partial charge in [0.05, 0.1) is 23.4 Å². The molecule has 0 spiro atoms. The zero-order valence-corrected chi connectivity index (χ0v) is 14.2. The fourth-order valence-corrected chi connectivity index (χ4v) is 3.09. The molecule has 1 aromatic heterocycles. The predicted octanol–water partition coefficient (Wildman–Crippen LogP) is 2.99. The maximum absolute atomic E-state index is 12.8. The molecule has 130 valence electrons. The number of benzene rings is 2. The van der Waals surface area contributed by atoms with Crippen LogP contribution in [0.5, 0.6) is 5.75 Å². The van der Waals surface area contributed by atoms with Gasteiger partial charge in [0.25, 0.3) is 5.91 Å².